The van der Waals surface area contributed by atoms with Gasteiger partial charge in [0.25, 0.3) is 0 Å². The summed E-state index contributed by atoms with van der Waals surface area (Å²) in [6, 6.07) is 6.02. The number of amides is 1. The number of aromatic nitrogens is 1. The molecule has 1 amide bonds. The van der Waals surface area contributed by atoms with Crippen molar-refractivity contribution in [2.24, 2.45) is 5.92 Å². The molecule has 142 valence electrons. The van der Waals surface area contributed by atoms with Crippen LogP contribution in [0.2, 0.25) is 0 Å². The van der Waals surface area contributed by atoms with E-state index in [1.807, 2.05) is 32.9 Å². The Balaban J connectivity index is 1.43. The van der Waals surface area contributed by atoms with Gasteiger partial charge in [-0.15, -0.1) is 0 Å². The summed E-state index contributed by atoms with van der Waals surface area (Å²) in [6.45, 7) is 7.12. The second-order valence-electron chi connectivity index (χ2n) is 7.50. The first kappa shape index (κ1) is 17.8. The molecule has 6 nitrogen and oxygen atoms in total. The van der Waals surface area contributed by atoms with Crippen LogP contribution in [0, 0.1) is 26.7 Å². The van der Waals surface area contributed by atoms with Crippen LogP contribution >= 0.6 is 0 Å². The minimum Gasteiger partial charge on any atom is -0.464 e. The van der Waals surface area contributed by atoms with E-state index < -0.39 is 0 Å². The highest BCUT2D eigenvalue weighted by Gasteiger charge is 2.31. The van der Waals surface area contributed by atoms with Gasteiger partial charge in [0, 0.05) is 29.4 Å². The zero-order valence-corrected chi connectivity index (χ0v) is 15.9. The monoisotopic (exact) mass is 368 g/mol. The van der Waals surface area contributed by atoms with Gasteiger partial charge in [0.1, 0.15) is 11.3 Å². The average Bonchev–Trinajstić information content (AvgIpc) is 3.30. The Hall–Kier alpha value is -2.60. The van der Waals surface area contributed by atoms with Crippen molar-refractivity contribution < 1.29 is 18.5 Å². The van der Waals surface area contributed by atoms with Gasteiger partial charge in [0.15, 0.2) is 0 Å². The van der Waals surface area contributed by atoms with Crippen molar-refractivity contribution in [2.75, 3.05) is 13.2 Å². The van der Waals surface area contributed by atoms with Gasteiger partial charge in [0.05, 0.1) is 37.6 Å². The van der Waals surface area contributed by atoms with E-state index in [4.69, 9.17) is 13.7 Å². The van der Waals surface area contributed by atoms with Crippen LogP contribution in [-0.4, -0.2) is 30.3 Å². The summed E-state index contributed by atoms with van der Waals surface area (Å²) in [4.78, 5) is 12.6. The maximum absolute atomic E-state index is 12.6. The van der Waals surface area contributed by atoms with Gasteiger partial charge >= 0.3 is 0 Å². The van der Waals surface area contributed by atoms with Crippen LogP contribution in [0.5, 0.6) is 0 Å². The molecule has 2 atom stereocenters. The summed E-state index contributed by atoms with van der Waals surface area (Å²) in [6.07, 6.45) is 2.69. The molecule has 1 aliphatic rings. The Morgan fingerprint density at radius 3 is 2.85 bits per heavy atom. The number of ether oxygens (including phenoxy) is 1. The fourth-order valence-corrected chi connectivity index (χ4v) is 3.92. The third kappa shape index (κ3) is 3.76. The van der Waals surface area contributed by atoms with E-state index in [0.717, 1.165) is 39.1 Å². The molecule has 0 spiro atoms. The number of carbonyl (C=O) groups is 1. The van der Waals surface area contributed by atoms with Gasteiger partial charge in [-0.25, -0.2) is 0 Å². The highest BCUT2D eigenvalue weighted by atomic mass is 16.5. The number of carbonyl (C=O) groups excluding carboxylic acids is 1. The maximum atomic E-state index is 12.6. The number of nitrogens with one attached hydrogen (secondary N) is 1. The smallest absolute Gasteiger partial charge is 0.224 e. The van der Waals surface area contributed by atoms with Crippen molar-refractivity contribution in [3.63, 3.8) is 0 Å². The first-order valence-corrected chi connectivity index (χ1v) is 9.26. The van der Waals surface area contributed by atoms with E-state index in [1.54, 1.807) is 6.26 Å². The third-order valence-corrected chi connectivity index (χ3v) is 5.13. The predicted molar refractivity (Wildman–Crippen MR) is 101 cm³/mol. The summed E-state index contributed by atoms with van der Waals surface area (Å²) in [7, 11) is 0. The molecule has 1 aliphatic heterocycles. The van der Waals surface area contributed by atoms with Crippen molar-refractivity contribution in [1.29, 1.82) is 0 Å². The first-order chi connectivity index (χ1) is 13.0. The van der Waals surface area contributed by atoms with Gasteiger partial charge in [-0.2, -0.15) is 0 Å². The van der Waals surface area contributed by atoms with E-state index in [9.17, 15) is 4.79 Å². The summed E-state index contributed by atoms with van der Waals surface area (Å²) in [5.74, 6) is 0.993. The van der Waals surface area contributed by atoms with Crippen molar-refractivity contribution in [2.45, 2.75) is 39.7 Å². The lowest BCUT2D eigenvalue weighted by atomic mass is 9.97. The van der Waals surface area contributed by atoms with E-state index in [1.165, 1.54) is 0 Å². The van der Waals surface area contributed by atoms with Crippen molar-refractivity contribution in [3.05, 3.63) is 52.6 Å². The Bertz CT molecular complexity index is 972. The molecule has 4 rings (SSSR count). The van der Waals surface area contributed by atoms with Crippen LogP contribution in [0.25, 0.3) is 11.0 Å². The number of nitrogens with zero attached hydrogens (tertiary/aromatic N) is 1. The van der Waals surface area contributed by atoms with Crippen LogP contribution in [0.15, 0.2) is 33.4 Å². The standard InChI is InChI=1S/C21H24N2O4/c1-12-4-13(2)21-16(10-26-19(21)5-12)8-20(24)22-18-11-25-9-15(18)7-17-6-14(3)23-27-17/h4-6,10,15,18H,7-9,11H2,1-3H3,(H,22,24)/t15-,18+/m0/s1. The van der Waals surface area contributed by atoms with E-state index in [0.29, 0.717) is 26.1 Å². The van der Waals surface area contributed by atoms with Gasteiger partial charge in [-0.3, -0.25) is 4.79 Å². The number of furan rings is 1. The van der Waals surface area contributed by atoms with E-state index >= 15 is 0 Å². The number of aryl methyl sites for hydroxylation is 3. The number of fused-ring (bicyclic) bond motifs is 1. The van der Waals surface area contributed by atoms with Crippen LogP contribution in [0.3, 0.4) is 0 Å². The molecule has 1 N–H and O–H groups in total. The molecule has 0 aliphatic carbocycles. The Morgan fingerprint density at radius 1 is 1.22 bits per heavy atom. The van der Waals surface area contributed by atoms with Gasteiger partial charge in [-0.1, -0.05) is 11.2 Å². The first-order valence-electron chi connectivity index (χ1n) is 9.26. The minimum atomic E-state index is -0.0237. The second-order valence-corrected chi connectivity index (χ2v) is 7.50. The fourth-order valence-electron chi connectivity index (χ4n) is 3.92. The molecule has 0 saturated carbocycles. The molecule has 1 saturated heterocycles. The predicted octanol–water partition coefficient (Wildman–Crippen LogP) is 3.26. The lowest BCUT2D eigenvalue weighted by Gasteiger charge is -2.18. The summed E-state index contributed by atoms with van der Waals surface area (Å²) in [5.41, 5.74) is 4.89. The lowest BCUT2D eigenvalue weighted by Crippen LogP contribution is -2.41. The van der Waals surface area contributed by atoms with Crippen molar-refractivity contribution in [3.8, 4) is 0 Å². The molecule has 6 heteroatoms. The zero-order chi connectivity index (χ0) is 19.0. The molecule has 0 radical (unpaired) electrons. The second kappa shape index (κ2) is 7.19. The third-order valence-electron chi connectivity index (χ3n) is 5.13. The Morgan fingerprint density at radius 2 is 2.07 bits per heavy atom. The zero-order valence-electron chi connectivity index (χ0n) is 15.9. The lowest BCUT2D eigenvalue weighted by molar-refractivity contribution is -0.121. The molecule has 2 aromatic heterocycles. The van der Waals surface area contributed by atoms with E-state index in [2.05, 4.69) is 16.5 Å². The average molecular weight is 368 g/mol. The Kier molecular flexibility index (Phi) is 4.74. The van der Waals surface area contributed by atoms with Crippen molar-refractivity contribution >= 4 is 16.9 Å². The van der Waals surface area contributed by atoms with E-state index in [-0.39, 0.29) is 17.9 Å². The number of rotatable bonds is 5. The molecule has 27 heavy (non-hydrogen) atoms. The SMILES string of the molecule is Cc1cc(C)c2c(CC(=O)N[C@@H]3COC[C@@H]3Cc3cc(C)no3)coc2c1. The summed E-state index contributed by atoms with van der Waals surface area (Å²) >= 11 is 0. The number of benzene rings is 1. The fraction of sp³-hybridized carbons (Fsp3) is 0.429. The molecule has 0 unspecified atom stereocenters. The van der Waals surface area contributed by atoms with Crippen molar-refractivity contribution in [1.82, 2.24) is 10.5 Å². The molecule has 1 fully saturated rings. The molecule has 0 bridgehead atoms. The summed E-state index contributed by atoms with van der Waals surface area (Å²) < 4.78 is 16.6. The van der Waals surface area contributed by atoms with Gasteiger partial charge in [-0.05, 0) is 38.0 Å². The van der Waals surface area contributed by atoms with Crippen LogP contribution in [-0.2, 0) is 22.4 Å². The molecule has 3 heterocycles. The molecule has 3 aromatic rings. The minimum absolute atomic E-state index is 0.0214. The summed E-state index contributed by atoms with van der Waals surface area (Å²) in [5, 5.41) is 8.08. The number of hydrogen-bond acceptors (Lipinski definition) is 5. The van der Waals surface area contributed by atoms with Crippen LogP contribution < -0.4 is 5.32 Å². The van der Waals surface area contributed by atoms with Crippen LogP contribution in [0.4, 0.5) is 0 Å². The van der Waals surface area contributed by atoms with Crippen LogP contribution in [0.1, 0.15) is 28.1 Å². The topological polar surface area (TPSA) is 77.5 Å². The maximum Gasteiger partial charge on any atom is 0.224 e. The van der Waals surface area contributed by atoms with Gasteiger partial charge in [0.2, 0.25) is 5.91 Å². The van der Waals surface area contributed by atoms with Gasteiger partial charge < -0.3 is 19.0 Å². The normalized spacial score (nSPS) is 19.7. The molecular formula is C21H24N2O4. The highest BCUT2D eigenvalue weighted by Crippen LogP contribution is 2.27. The largest absolute Gasteiger partial charge is 0.464 e. The molecule has 1 aromatic carbocycles. The highest BCUT2D eigenvalue weighted by molar-refractivity contribution is 5.90. The Labute approximate surface area is 157 Å². The number of hydrogen-bond donors (Lipinski definition) is 1. The quantitative estimate of drug-likeness (QED) is 0.748. The molecular weight excluding hydrogens is 344 g/mol.